The van der Waals surface area contributed by atoms with Gasteiger partial charge >= 0.3 is 5.97 Å². The van der Waals surface area contributed by atoms with Crippen molar-refractivity contribution in [2.75, 3.05) is 0 Å². The predicted molar refractivity (Wildman–Crippen MR) is 156 cm³/mol. The third-order valence-electron chi connectivity index (χ3n) is 7.14. The molecule has 5 aromatic rings. The van der Waals surface area contributed by atoms with Crippen LogP contribution in [0.1, 0.15) is 41.3 Å². The SMILES string of the molecule is CCCCc1c(-c2ccc(-c3ccc(C(=O)NC(Cc4ccccc4)C(=O)O)cc3)cc2)cn2ccccc12. The predicted octanol–water partition coefficient (Wildman–Crippen LogP) is 7.04. The fraction of sp³-hybridized carbons (Fsp3) is 0.176. The van der Waals surface area contributed by atoms with Crippen molar-refractivity contribution in [2.24, 2.45) is 0 Å². The Morgan fingerprint density at radius 2 is 1.46 bits per heavy atom. The number of carbonyl (C=O) groups is 2. The van der Waals surface area contributed by atoms with Crippen LogP contribution in [0.25, 0.3) is 27.8 Å². The molecule has 0 fully saturated rings. The Morgan fingerprint density at radius 1 is 0.821 bits per heavy atom. The standard InChI is InChI=1S/C34H32N2O3/c1-2-3-11-29-30(23-36-21-8-7-12-32(29)36)27-17-13-25(14-18-27)26-15-19-28(20-16-26)33(37)35-31(34(38)39)22-24-9-5-4-6-10-24/h4-10,12-21,23,31H,2-3,11,22H2,1H3,(H,35,37)(H,38,39). The molecule has 0 aliphatic heterocycles. The lowest BCUT2D eigenvalue weighted by Gasteiger charge is -2.15. The van der Waals surface area contributed by atoms with E-state index in [1.165, 1.54) is 22.2 Å². The van der Waals surface area contributed by atoms with Crippen LogP contribution in [0, 0.1) is 0 Å². The first-order valence-electron chi connectivity index (χ1n) is 13.4. The van der Waals surface area contributed by atoms with Gasteiger partial charge in [0.05, 0.1) is 0 Å². The molecule has 2 aromatic heterocycles. The number of pyridine rings is 1. The van der Waals surface area contributed by atoms with Crippen LogP contribution in [0.4, 0.5) is 0 Å². The number of amides is 1. The lowest BCUT2D eigenvalue weighted by atomic mass is 9.96. The van der Waals surface area contributed by atoms with Gasteiger partial charge in [-0.1, -0.05) is 86.1 Å². The number of nitrogens with one attached hydrogen (secondary N) is 1. The average Bonchev–Trinajstić information content (AvgIpc) is 3.35. The zero-order valence-corrected chi connectivity index (χ0v) is 22.0. The number of aryl methyl sites for hydroxylation is 1. The maximum Gasteiger partial charge on any atom is 0.326 e. The number of carboxylic acid groups (broad SMARTS) is 1. The molecular formula is C34H32N2O3. The van der Waals surface area contributed by atoms with E-state index in [1.54, 1.807) is 12.1 Å². The molecule has 0 radical (unpaired) electrons. The van der Waals surface area contributed by atoms with Crippen LogP contribution in [-0.2, 0) is 17.6 Å². The number of rotatable bonds is 10. The van der Waals surface area contributed by atoms with E-state index in [1.807, 2.05) is 42.5 Å². The number of aliphatic carboxylic acids is 1. The Balaban J connectivity index is 1.31. The second-order valence-corrected chi connectivity index (χ2v) is 9.83. The summed E-state index contributed by atoms with van der Waals surface area (Å²) in [7, 11) is 0. The quantitative estimate of drug-likeness (QED) is 0.209. The summed E-state index contributed by atoms with van der Waals surface area (Å²) in [6, 6.07) is 30.4. The molecule has 3 aromatic carbocycles. The van der Waals surface area contributed by atoms with Crippen LogP contribution in [0.3, 0.4) is 0 Å². The second-order valence-electron chi connectivity index (χ2n) is 9.83. The van der Waals surface area contributed by atoms with Gasteiger partial charge in [0, 0.05) is 35.5 Å². The highest BCUT2D eigenvalue weighted by Crippen LogP contribution is 2.32. The number of unbranched alkanes of at least 4 members (excludes halogenated alkanes) is 1. The van der Waals surface area contributed by atoms with E-state index < -0.39 is 17.9 Å². The third kappa shape index (κ3) is 5.93. The summed E-state index contributed by atoms with van der Waals surface area (Å²) < 4.78 is 2.20. The summed E-state index contributed by atoms with van der Waals surface area (Å²) in [6.07, 6.45) is 7.89. The smallest absolute Gasteiger partial charge is 0.326 e. The van der Waals surface area contributed by atoms with Gasteiger partial charge in [-0.3, -0.25) is 4.79 Å². The normalized spacial score (nSPS) is 11.8. The van der Waals surface area contributed by atoms with Crippen molar-refractivity contribution in [3.8, 4) is 22.3 Å². The van der Waals surface area contributed by atoms with Gasteiger partial charge in [0.2, 0.25) is 0 Å². The fourth-order valence-corrected chi connectivity index (χ4v) is 4.99. The summed E-state index contributed by atoms with van der Waals surface area (Å²) in [5, 5.41) is 12.3. The molecule has 5 nitrogen and oxygen atoms in total. The molecule has 5 rings (SSSR count). The molecule has 5 heteroatoms. The Hall–Kier alpha value is -4.64. The second kappa shape index (κ2) is 11.8. The Bertz CT molecular complexity index is 1570. The molecule has 0 bridgehead atoms. The topological polar surface area (TPSA) is 70.8 Å². The van der Waals surface area contributed by atoms with E-state index >= 15 is 0 Å². The van der Waals surface area contributed by atoms with Gasteiger partial charge in [0.15, 0.2) is 0 Å². The summed E-state index contributed by atoms with van der Waals surface area (Å²) in [4.78, 5) is 24.6. The average molecular weight is 517 g/mol. The minimum absolute atomic E-state index is 0.226. The molecule has 1 unspecified atom stereocenters. The third-order valence-corrected chi connectivity index (χ3v) is 7.14. The lowest BCUT2D eigenvalue weighted by Crippen LogP contribution is -2.42. The zero-order chi connectivity index (χ0) is 27.2. The maximum absolute atomic E-state index is 12.8. The highest BCUT2D eigenvalue weighted by atomic mass is 16.4. The van der Waals surface area contributed by atoms with Crippen molar-refractivity contribution in [1.29, 1.82) is 0 Å². The van der Waals surface area contributed by atoms with Crippen LogP contribution in [0.15, 0.2) is 109 Å². The minimum atomic E-state index is -1.06. The van der Waals surface area contributed by atoms with Crippen molar-refractivity contribution < 1.29 is 14.7 Å². The summed E-state index contributed by atoms with van der Waals surface area (Å²) in [6.45, 7) is 2.22. The van der Waals surface area contributed by atoms with E-state index in [2.05, 4.69) is 71.5 Å². The van der Waals surface area contributed by atoms with E-state index in [4.69, 9.17) is 0 Å². The lowest BCUT2D eigenvalue weighted by molar-refractivity contribution is -0.139. The molecule has 0 saturated carbocycles. The van der Waals surface area contributed by atoms with Crippen LogP contribution in [-0.4, -0.2) is 27.4 Å². The van der Waals surface area contributed by atoms with Crippen molar-refractivity contribution in [1.82, 2.24) is 9.72 Å². The number of benzene rings is 3. The van der Waals surface area contributed by atoms with Crippen molar-refractivity contribution >= 4 is 17.4 Å². The molecule has 196 valence electrons. The van der Waals surface area contributed by atoms with Crippen LogP contribution in [0.2, 0.25) is 0 Å². The van der Waals surface area contributed by atoms with Gasteiger partial charge in [0.1, 0.15) is 6.04 Å². The highest BCUT2D eigenvalue weighted by Gasteiger charge is 2.21. The van der Waals surface area contributed by atoms with E-state index in [-0.39, 0.29) is 6.42 Å². The van der Waals surface area contributed by atoms with Gasteiger partial charge in [-0.15, -0.1) is 0 Å². The molecule has 1 amide bonds. The Labute approximate surface area is 228 Å². The van der Waals surface area contributed by atoms with E-state index in [0.717, 1.165) is 36.0 Å². The van der Waals surface area contributed by atoms with Gasteiger partial charge < -0.3 is 14.8 Å². The molecule has 0 aliphatic rings. The minimum Gasteiger partial charge on any atom is -0.480 e. The summed E-state index contributed by atoms with van der Waals surface area (Å²) in [5.74, 6) is -1.46. The molecule has 2 N–H and O–H groups in total. The van der Waals surface area contributed by atoms with Crippen molar-refractivity contribution in [2.45, 2.75) is 38.6 Å². The summed E-state index contributed by atoms with van der Waals surface area (Å²) in [5.41, 5.74) is 8.41. The first-order valence-corrected chi connectivity index (χ1v) is 13.4. The molecule has 0 spiro atoms. The molecule has 0 aliphatic carbocycles. The van der Waals surface area contributed by atoms with Crippen molar-refractivity contribution in [3.05, 3.63) is 126 Å². The molecule has 1 atom stereocenters. The highest BCUT2D eigenvalue weighted by molar-refractivity contribution is 5.97. The van der Waals surface area contributed by atoms with Gasteiger partial charge in [0.25, 0.3) is 5.91 Å². The number of hydrogen-bond donors (Lipinski definition) is 2. The number of carboxylic acids is 1. The number of hydrogen-bond acceptors (Lipinski definition) is 2. The maximum atomic E-state index is 12.8. The fourth-order valence-electron chi connectivity index (χ4n) is 4.99. The first kappa shape index (κ1) is 26.0. The van der Waals surface area contributed by atoms with Gasteiger partial charge in [-0.05, 0) is 64.9 Å². The molecule has 2 heterocycles. The summed E-state index contributed by atoms with van der Waals surface area (Å²) >= 11 is 0. The van der Waals surface area contributed by atoms with Crippen LogP contribution >= 0.6 is 0 Å². The zero-order valence-electron chi connectivity index (χ0n) is 22.0. The molecular weight excluding hydrogens is 484 g/mol. The van der Waals surface area contributed by atoms with Crippen LogP contribution in [0.5, 0.6) is 0 Å². The van der Waals surface area contributed by atoms with Gasteiger partial charge in [-0.25, -0.2) is 4.79 Å². The number of carbonyl (C=O) groups excluding carboxylic acids is 1. The Kier molecular flexibility index (Phi) is 7.88. The first-order chi connectivity index (χ1) is 19.0. The van der Waals surface area contributed by atoms with E-state index in [0.29, 0.717) is 5.56 Å². The number of fused-ring (bicyclic) bond motifs is 1. The Morgan fingerprint density at radius 3 is 2.13 bits per heavy atom. The molecule has 39 heavy (non-hydrogen) atoms. The number of aromatic nitrogens is 1. The van der Waals surface area contributed by atoms with Crippen molar-refractivity contribution in [3.63, 3.8) is 0 Å². The largest absolute Gasteiger partial charge is 0.480 e. The number of nitrogens with zero attached hydrogens (tertiary/aromatic N) is 1. The monoisotopic (exact) mass is 516 g/mol. The van der Waals surface area contributed by atoms with Crippen LogP contribution < -0.4 is 5.32 Å². The molecule has 0 saturated heterocycles. The van der Waals surface area contributed by atoms with Gasteiger partial charge in [-0.2, -0.15) is 0 Å². The van der Waals surface area contributed by atoms with E-state index in [9.17, 15) is 14.7 Å².